The molecule has 8 heteroatoms. The minimum atomic E-state index is -0.790. The lowest BCUT2D eigenvalue weighted by atomic mass is 9.80. The van der Waals surface area contributed by atoms with E-state index in [1.54, 1.807) is 19.2 Å². The number of aliphatic hydroxyl groups excluding tert-OH is 1. The van der Waals surface area contributed by atoms with Crippen LogP contribution in [0.25, 0.3) is 0 Å². The minimum absolute atomic E-state index is 0.0158. The van der Waals surface area contributed by atoms with Gasteiger partial charge in [0, 0.05) is 51.4 Å². The molecule has 0 aliphatic carbocycles. The Morgan fingerprint density at radius 2 is 1.86 bits per heavy atom. The van der Waals surface area contributed by atoms with Crippen LogP contribution in [-0.4, -0.2) is 62.7 Å². The molecule has 4 atom stereocenters. The van der Waals surface area contributed by atoms with Crippen molar-refractivity contribution in [1.82, 2.24) is 5.32 Å². The van der Waals surface area contributed by atoms with Gasteiger partial charge in [0.2, 0.25) is 5.91 Å². The molecule has 1 aromatic rings. The largest absolute Gasteiger partial charge is 0.490 e. The number of hydrogen-bond acceptors (Lipinski definition) is 6. The molecule has 0 spiro atoms. The molecule has 0 bridgehead atoms. The second-order valence-electron chi connectivity index (χ2n) is 11.1. The van der Waals surface area contributed by atoms with Crippen molar-refractivity contribution < 1.29 is 28.5 Å². The first-order valence-electron chi connectivity index (χ1n) is 13.8. The topological polar surface area (TPSA) is 103 Å². The number of benzene rings is 1. The van der Waals surface area contributed by atoms with E-state index in [4.69, 9.17) is 19.9 Å². The Morgan fingerprint density at radius 3 is 2.49 bits per heavy atom. The smallest absolute Gasteiger partial charge is 0.223 e. The lowest BCUT2D eigenvalue weighted by Gasteiger charge is -2.31. The summed E-state index contributed by atoms with van der Waals surface area (Å²) >= 11 is 0. The van der Waals surface area contributed by atoms with E-state index in [2.05, 4.69) is 19.2 Å². The normalized spacial score (nSPS) is 18.0. The summed E-state index contributed by atoms with van der Waals surface area (Å²) in [6.07, 6.45) is 3.16. The van der Waals surface area contributed by atoms with E-state index in [1.165, 1.54) is 6.07 Å². The summed E-state index contributed by atoms with van der Waals surface area (Å²) in [4.78, 5) is 13.0. The van der Waals surface area contributed by atoms with Crippen LogP contribution < -0.4 is 15.8 Å². The number of ether oxygens (including phenoxy) is 3. The van der Waals surface area contributed by atoms with Gasteiger partial charge in [-0.3, -0.25) is 4.79 Å². The van der Waals surface area contributed by atoms with Crippen molar-refractivity contribution in [3.05, 3.63) is 29.6 Å². The molecular formula is C29H49FN2O5. The molecule has 4 N–H and O–H groups in total. The third-order valence-electron chi connectivity index (χ3n) is 7.46. The molecule has 1 amide bonds. The van der Waals surface area contributed by atoms with Crippen molar-refractivity contribution in [3.8, 4) is 5.75 Å². The summed E-state index contributed by atoms with van der Waals surface area (Å²) in [7, 11) is 1.62. The number of nitrogens with two attached hydrogens (primary N) is 1. The van der Waals surface area contributed by atoms with Gasteiger partial charge in [0.15, 0.2) is 11.6 Å². The zero-order valence-electron chi connectivity index (χ0n) is 23.4. The predicted octanol–water partition coefficient (Wildman–Crippen LogP) is 4.09. The zero-order valence-corrected chi connectivity index (χ0v) is 23.4. The number of methoxy groups -OCH3 is 1. The van der Waals surface area contributed by atoms with Gasteiger partial charge in [0.1, 0.15) is 0 Å². The molecule has 212 valence electrons. The SMILES string of the molecule is COCCCOc1cc(CC(CC(N)C(O)CC(C(=O)NC2CCOCC2)C(C)C)C(C)C)ccc1F. The van der Waals surface area contributed by atoms with E-state index in [1.807, 2.05) is 13.8 Å². The van der Waals surface area contributed by atoms with Crippen LogP contribution in [0.15, 0.2) is 18.2 Å². The fourth-order valence-electron chi connectivity index (χ4n) is 4.84. The molecule has 1 heterocycles. The van der Waals surface area contributed by atoms with Gasteiger partial charge in [-0.1, -0.05) is 33.8 Å². The van der Waals surface area contributed by atoms with Crippen molar-refractivity contribution in [1.29, 1.82) is 0 Å². The summed E-state index contributed by atoms with van der Waals surface area (Å²) in [5, 5.41) is 14.2. The Morgan fingerprint density at radius 1 is 1.16 bits per heavy atom. The van der Waals surface area contributed by atoms with Crippen LogP contribution in [-0.2, 0) is 20.7 Å². The molecule has 7 nitrogen and oxygen atoms in total. The van der Waals surface area contributed by atoms with Crippen molar-refractivity contribution >= 4 is 5.91 Å². The highest BCUT2D eigenvalue weighted by Gasteiger charge is 2.31. The highest BCUT2D eigenvalue weighted by Crippen LogP contribution is 2.28. The Hall–Kier alpha value is -1.74. The highest BCUT2D eigenvalue weighted by atomic mass is 19.1. The van der Waals surface area contributed by atoms with Gasteiger partial charge < -0.3 is 30.4 Å². The van der Waals surface area contributed by atoms with Crippen molar-refractivity contribution in [2.75, 3.05) is 33.5 Å². The van der Waals surface area contributed by atoms with E-state index in [0.29, 0.717) is 58.0 Å². The molecule has 1 fully saturated rings. The van der Waals surface area contributed by atoms with Crippen molar-refractivity contribution in [2.45, 2.75) is 84.4 Å². The van der Waals surface area contributed by atoms with Gasteiger partial charge in [-0.25, -0.2) is 4.39 Å². The Kier molecular flexibility index (Phi) is 13.8. The molecule has 0 aromatic heterocycles. The monoisotopic (exact) mass is 524 g/mol. The maximum atomic E-state index is 14.2. The van der Waals surface area contributed by atoms with Gasteiger partial charge in [-0.2, -0.15) is 0 Å². The molecule has 1 aliphatic heterocycles. The third kappa shape index (κ3) is 10.9. The van der Waals surface area contributed by atoms with Crippen molar-refractivity contribution in [2.24, 2.45) is 29.4 Å². The number of halogens is 1. The second-order valence-corrected chi connectivity index (χ2v) is 11.1. The maximum absolute atomic E-state index is 14.2. The molecule has 4 unspecified atom stereocenters. The number of amides is 1. The Bertz CT molecular complexity index is 801. The van der Waals surface area contributed by atoms with Crippen molar-refractivity contribution in [3.63, 3.8) is 0 Å². The molecule has 1 aromatic carbocycles. The lowest BCUT2D eigenvalue weighted by molar-refractivity contribution is -0.129. The average molecular weight is 525 g/mol. The summed E-state index contributed by atoms with van der Waals surface area (Å²) in [6, 6.07) is 4.65. The Balaban J connectivity index is 1.97. The van der Waals surface area contributed by atoms with Crippen LogP contribution in [0.5, 0.6) is 5.75 Å². The summed E-state index contributed by atoms with van der Waals surface area (Å²) < 4.78 is 30.3. The number of carbonyl (C=O) groups is 1. The van der Waals surface area contributed by atoms with Gasteiger partial charge in [0.25, 0.3) is 0 Å². The molecule has 0 radical (unpaired) electrons. The molecule has 0 saturated carbocycles. The number of aliphatic hydroxyl groups is 1. The molecule has 37 heavy (non-hydrogen) atoms. The van der Waals surface area contributed by atoms with E-state index < -0.39 is 12.1 Å². The average Bonchev–Trinajstić information content (AvgIpc) is 2.86. The Labute approximate surface area is 222 Å². The summed E-state index contributed by atoms with van der Waals surface area (Å²) in [6.45, 7) is 10.6. The fraction of sp³-hybridized carbons (Fsp3) is 0.759. The number of nitrogens with one attached hydrogen (secondary N) is 1. The van der Waals surface area contributed by atoms with Gasteiger partial charge >= 0.3 is 0 Å². The first kappa shape index (κ1) is 31.5. The van der Waals surface area contributed by atoms with Crippen LogP contribution in [0.4, 0.5) is 4.39 Å². The van der Waals surface area contributed by atoms with E-state index >= 15 is 0 Å². The van der Waals surface area contributed by atoms with Crippen LogP contribution in [0.1, 0.15) is 65.4 Å². The lowest BCUT2D eigenvalue weighted by Crippen LogP contribution is -2.46. The van der Waals surface area contributed by atoms with Crippen LogP contribution in [0, 0.1) is 29.5 Å². The fourth-order valence-corrected chi connectivity index (χ4v) is 4.84. The number of hydrogen-bond donors (Lipinski definition) is 3. The summed E-state index contributed by atoms with van der Waals surface area (Å²) in [5.41, 5.74) is 7.47. The van der Waals surface area contributed by atoms with E-state index in [-0.39, 0.29) is 41.3 Å². The van der Waals surface area contributed by atoms with Crippen LogP contribution in [0.3, 0.4) is 0 Å². The zero-order chi connectivity index (χ0) is 27.4. The highest BCUT2D eigenvalue weighted by molar-refractivity contribution is 5.79. The van der Waals surface area contributed by atoms with E-state index in [0.717, 1.165) is 18.4 Å². The number of rotatable bonds is 16. The molecular weight excluding hydrogens is 475 g/mol. The first-order chi connectivity index (χ1) is 17.6. The first-order valence-corrected chi connectivity index (χ1v) is 13.8. The quantitative estimate of drug-likeness (QED) is 0.282. The predicted molar refractivity (Wildman–Crippen MR) is 144 cm³/mol. The molecule has 1 saturated heterocycles. The second kappa shape index (κ2) is 16.3. The minimum Gasteiger partial charge on any atom is -0.490 e. The summed E-state index contributed by atoms with van der Waals surface area (Å²) in [5.74, 6) is 0.124. The van der Waals surface area contributed by atoms with Gasteiger partial charge in [0.05, 0.1) is 12.7 Å². The molecule has 2 rings (SSSR count). The van der Waals surface area contributed by atoms with Crippen LogP contribution in [0.2, 0.25) is 0 Å². The maximum Gasteiger partial charge on any atom is 0.223 e. The van der Waals surface area contributed by atoms with Gasteiger partial charge in [-0.15, -0.1) is 0 Å². The van der Waals surface area contributed by atoms with Gasteiger partial charge in [-0.05, 0) is 67.6 Å². The number of carbonyl (C=O) groups excluding carboxylic acids is 1. The third-order valence-corrected chi connectivity index (χ3v) is 7.46. The van der Waals surface area contributed by atoms with E-state index in [9.17, 15) is 14.3 Å². The molecule has 1 aliphatic rings. The standard InChI is InChI=1S/C29H49FN2O5/c1-19(2)22(15-21-7-8-25(30)28(16-21)37-12-6-11-35-5)17-26(31)27(33)18-24(20(3)4)29(34)32-23-9-13-36-14-10-23/h7-8,16,19-20,22-24,26-27,33H,6,9-15,17-18,31H2,1-5H3,(H,32,34). The van der Waals surface area contributed by atoms with Crippen LogP contribution >= 0.6 is 0 Å².